The minimum Gasteiger partial charge on any atom is -0.382 e. The van der Waals surface area contributed by atoms with Crippen LogP contribution >= 0.6 is 0 Å². The van der Waals surface area contributed by atoms with Crippen molar-refractivity contribution >= 4 is 17.4 Å². The van der Waals surface area contributed by atoms with Gasteiger partial charge in [0.25, 0.3) is 0 Å². The Balaban J connectivity index is 1.74. The Morgan fingerprint density at radius 3 is 2.61 bits per heavy atom. The molecule has 1 amide bonds. The second-order valence-corrected chi connectivity index (χ2v) is 4.55. The van der Waals surface area contributed by atoms with Gasteiger partial charge in [-0.2, -0.15) is 5.10 Å². The predicted octanol–water partition coefficient (Wildman–Crippen LogP) is 2.01. The van der Waals surface area contributed by atoms with Crippen molar-refractivity contribution in [1.29, 1.82) is 0 Å². The van der Waals surface area contributed by atoms with Crippen LogP contribution in [0.15, 0.2) is 30.3 Å². The molecule has 2 aromatic rings. The van der Waals surface area contributed by atoms with E-state index in [9.17, 15) is 4.79 Å². The SMILES string of the molecule is Nc1cc(-c2ccc(NC(=O)C3CC3)cc2)[nH]n1. The van der Waals surface area contributed by atoms with Gasteiger partial charge in [0.05, 0.1) is 5.69 Å². The third-order valence-corrected chi connectivity index (χ3v) is 3.01. The molecular formula is C13H14N4O. The molecule has 5 heteroatoms. The van der Waals surface area contributed by atoms with Gasteiger partial charge in [-0.25, -0.2) is 0 Å². The van der Waals surface area contributed by atoms with Gasteiger partial charge in [0.15, 0.2) is 0 Å². The number of carbonyl (C=O) groups excluding carboxylic acids is 1. The van der Waals surface area contributed by atoms with Crippen molar-refractivity contribution in [1.82, 2.24) is 10.2 Å². The molecule has 1 aliphatic rings. The van der Waals surface area contributed by atoms with Crippen LogP contribution in [0.25, 0.3) is 11.3 Å². The molecule has 0 saturated heterocycles. The highest BCUT2D eigenvalue weighted by atomic mass is 16.2. The molecule has 1 saturated carbocycles. The Labute approximate surface area is 104 Å². The van der Waals surface area contributed by atoms with Gasteiger partial charge in [-0.3, -0.25) is 9.89 Å². The first-order valence-electron chi connectivity index (χ1n) is 5.94. The molecule has 92 valence electrons. The van der Waals surface area contributed by atoms with Crippen LogP contribution < -0.4 is 11.1 Å². The summed E-state index contributed by atoms with van der Waals surface area (Å²) in [4.78, 5) is 11.6. The molecule has 18 heavy (non-hydrogen) atoms. The molecule has 1 heterocycles. The van der Waals surface area contributed by atoms with Gasteiger partial charge in [-0.15, -0.1) is 0 Å². The Bertz CT molecular complexity index is 569. The maximum Gasteiger partial charge on any atom is 0.227 e. The van der Waals surface area contributed by atoms with Crippen molar-refractivity contribution in [2.75, 3.05) is 11.1 Å². The summed E-state index contributed by atoms with van der Waals surface area (Å²) in [7, 11) is 0. The molecular weight excluding hydrogens is 228 g/mol. The summed E-state index contributed by atoms with van der Waals surface area (Å²) in [6, 6.07) is 9.39. The summed E-state index contributed by atoms with van der Waals surface area (Å²) in [5.74, 6) is 0.807. The highest BCUT2D eigenvalue weighted by molar-refractivity contribution is 5.94. The highest BCUT2D eigenvalue weighted by Crippen LogP contribution is 2.30. The Kier molecular flexibility index (Phi) is 2.51. The summed E-state index contributed by atoms with van der Waals surface area (Å²) >= 11 is 0. The van der Waals surface area contributed by atoms with E-state index in [1.807, 2.05) is 24.3 Å². The zero-order chi connectivity index (χ0) is 12.5. The van der Waals surface area contributed by atoms with Gasteiger partial charge in [-0.05, 0) is 30.5 Å². The van der Waals surface area contributed by atoms with Crippen LogP contribution in [0.5, 0.6) is 0 Å². The second-order valence-electron chi connectivity index (χ2n) is 4.55. The van der Waals surface area contributed by atoms with E-state index in [4.69, 9.17) is 5.73 Å². The van der Waals surface area contributed by atoms with Crippen molar-refractivity contribution in [3.8, 4) is 11.3 Å². The molecule has 0 aliphatic heterocycles. The van der Waals surface area contributed by atoms with Crippen LogP contribution in [0.2, 0.25) is 0 Å². The number of nitrogens with two attached hydrogens (primary N) is 1. The number of amides is 1. The van der Waals surface area contributed by atoms with E-state index in [2.05, 4.69) is 15.5 Å². The number of carbonyl (C=O) groups is 1. The number of nitrogen functional groups attached to an aromatic ring is 1. The summed E-state index contributed by atoms with van der Waals surface area (Å²) < 4.78 is 0. The van der Waals surface area contributed by atoms with Gasteiger partial charge in [0.1, 0.15) is 5.82 Å². The number of benzene rings is 1. The summed E-state index contributed by atoms with van der Waals surface area (Å²) in [6.45, 7) is 0. The zero-order valence-corrected chi connectivity index (χ0v) is 9.81. The minimum absolute atomic E-state index is 0.119. The fraction of sp³-hybridized carbons (Fsp3) is 0.231. The van der Waals surface area contributed by atoms with Crippen LogP contribution in [-0.4, -0.2) is 16.1 Å². The number of aromatic nitrogens is 2. The average Bonchev–Trinajstić information content (AvgIpc) is 3.13. The number of hydrogen-bond donors (Lipinski definition) is 3. The fourth-order valence-electron chi connectivity index (χ4n) is 1.81. The van der Waals surface area contributed by atoms with Gasteiger partial charge in [0, 0.05) is 17.7 Å². The molecule has 1 fully saturated rings. The maximum absolute atomic E-state index is 11.6. The third-order valence-electron chi connectivity index (χ3n) is 3.01. The van der Waals surface area contributed by atoms with Gasteiger partial charge >= 0.3 is 0 Å². The lowest BCUT2D eigenvalue weighted by atomic mass is 10.1. The van der Waals surface area contributed by atoms with Crippen LogP contribution in [0.3, 0.4) is 0 Å². The topological polar surface area (TPSA) is 83.8 Å². The van der Waals surface area contributed by atoms with Crippen molar-refractivity contribution in [2.45, 2.75) is 12.8 Å². The molecule has 0 radical (unpaired) electrons. The molecule has 3 rings (SSSR count). The van der Waals surface area contributed by atoms with E-state index >= 15 is 0 Å². The first-order valence-corrected chi connectivity index (χ1v) is 5.94. The van der Waals surface area contributed by atoms with E-state index in [0.717, 1.165) is 29.8 Å². The second kappa shape index (κ2) is 4.18. The summed E-state index contributed by atoms with van der Waals surface area (Å²) in [5.41, 5.74) is 8.23. The van der Waals surface area contributed by atoms with Crippen molar-refractivity contribution in [3.05, 3.63) is 30.3 Å². The normalized spacial score (nSPS) is 14.4. The van der Waals surface area contributed by atoms with Gasteiger partial charge < -0.3 is 11.1 Å². The lowest BCUT2D eigenvalue weighted by Crippen LogP contribution is -2.12. The minimum atomic E-state index is 0.119. The van der Waals surface area contributed by atoms with E-state index in [-0.39, 0.29) is 11.8 Å². The molecule has 1 aromatic carbocycles. The molecule has 0 spiro atoms. The number of nitrogens with one attached hydrogen (secondary N) is 2. The smallest absolute Gasteiger partial charge is 0.227 e. The molecule has 5 nitrogen and oxygen atoms in total. The number of H-pyrrole nitrogens is 1. The number of nitrogens with zero attached hydrogens (tertiary/aromatic N) is 1. The molecule has 0 bridgehead atoms. The standard InChI is InChI=1S/C13H14N4O/c14-12-7-11(16-17-12)8-3-5-10(6-4-8)15-13(18)9-1-2-9/h3-7,9H,1-2H2,(H,15,18)(H3,14,16,17). The first kappa shape index (κ1) is 10.8. The van der Waals surface area contributed by atoms with Crippen LogP contribution in [0, 0.1) is 5.92 Å². The van der Waals surface area contributed by atoms with Crippen molar-refractivity contribution < 1.29 is 4.79 Å². The molecule has 1 aliphatic carbocycles. The molecule has 0 atom stereocenters. The number of hydrogen-bond acceptors (Lipinski definition) is 3. The lowest BCUT2D eigenvalue weighted by Gasteiger charge is -2.04. The maximum atomic E-state index is 11.6. The Hall–Kier alpha value is -2.30. The third kappa shape index (κ3) is 2.20. The highest BCUT2D eigenvalue weighted by Gasteiger charge is 2.29. The molecule has 4 N–H and O–H groups in total. The first-order chi connectivity index (χ1) is 8.72. The van der Waals surface area contributed by atoms with E-state index in [1.165, 1.54) is 0 Å². The van der Waals surface area contributed by atoms with Gasteiger partial charge in [-0.1, -0.05) is 12.1 Å². The van der Waals surface area contributed by atoms with Crippen LogP contribution in [0.1, 0.15) is 12.8 Å². The monoisotopic (exact) mass is 242 g/mol. The average molecular weight is 242 g/mol. The fourth-order valence-corrected chi connectivity index (χ4v) is 1.81. The largest absolute Gasteiger partial charge is 0.382 e. The number of anilines is 2. The van der Waals surface area contributed by atoms with Crippen molar-refractivity contribution in [3.63, 3.8) is 0 Å². The van der Waals surface area contributed by atoms with Crippen molar-refractivity contribution in [2.24, 2.45) is 5.92 Å². The van der Waals surface area contributed by atoms with Crippen LogP contribution in [0.4, 0.5) is 11.5 Å². The number of aromatic amines is 1. The number of rotatable bonds is 3. The predicted molar refractivity (Wildman–Crippen MR) is 69.8 cm³/mol. The van der Waals surface area contributed by atoms with E-state index < -0.39 is 0 Å². The quantitative estimate of drug-likeness (QED) is 0.769. The van der Waals surface area contributed by atoms with E-state index in [1.54, 1.807) is 6.07 Å². The molecule has 1 aromatic heterocycles. The van der Waals surface area contributed by atoms with Crippen LogP contribution in [-0.2, 0) is 4.79 Å². The summed E-state index contributed by atoms with van der Waals surface area (Å²) in [6.07, 6.45) is 2.02. The Morgan fingerprint density at radius 1 is 1.33 bits per heavy atom. The van der Waals surface area contributed by atoms with E-state index in [0.29, 0.717) is 5.82 Å². The zero-order valence-electron chi connectivity index (χ0n) is 9.81. The lowest BCUT2D eigenvalue weighted by molar-refractivity contribution is -0.117. The Morgan fingerprint density at radius 2 is 2.06 bits per heavy atom. The summed E-state index contributed by atoms with van der Waals surface area (Å²) in [5, 5.41) is 9.62. The molecule has 0 unspecified atom stereocenters. The van der Waals surface area contributed by atoms with Gasteiger partial charge in [0.2, 0.25) is 5.91 Å².